The second kappa shape index (κ2) is 5.85. The van der Waals surface area contributed by atoms with E-state index in [0.29, 0.717) is 0 Å². The van der Waals surface area contributed by atoms with Gasteiger partial charge in [0.25, 0.3) is 0 Å². The van der Waals surface area contributed by atoms with E-state index >= 15 is 0 Å². The Bertz CT molecular complexity index is 355. The summed E-state index contributed by atoms with van der Waals surface area (Å²) >= 11 is 0. The van der Waals surface area contributed by atoms with Gasteiger partial charge in [0.1, 0.15) is 0 Å². The van der Waals surface area contributed by atoms with Crippen molar-refractivity contribution in [3.8, 4) is 0 Å². The largest absolute Gasteiger partial charge is 0.389 e. The fourth-order valence-corrected chi connectivity index (χ4v) is 2.26. The number of quaternary nitrogens is 1. The highest BCUT2D eigenvalue weighted by atomic mass is 16.3. The van der Waals surface area contributed by atoms with Crippen LogP contribution in [0.4, 0.5) is 0 Å². The lowest BCUT2D eigenvalue weighted by Crippen LogP contribution is -3.05. The molecule has 2 N–H and O–H groups in total. The van der Waals surface area contributed by atoms with Crippen molar-refractivity contribution in [3.63, 3.8) is 0 Å². The van der Waals surface area contributed by atoms with Crippen molar-refractivity contribution in [3.05, 3.63) is 35.9 Å². The monoisotopic (exact) mass is 250 g/mol. The van der Waals surface area contributed by atoms with Crippen molar-refractivity contribution < 1.29 is 10.0 Å². The molecule has 0 saturated carbocycles. The van der Waals surface area contributed by atoms with E-state index in [2.05, 4.69) is 40.1 Å². The van der Waals surface area contributed by atoms with Crippen molar-refractivity contribution >= 4 is 0 Å². The van der Waals surface area contributed by atoms with Crippen molar-refractivity contribution in [2.45, 2.75) is 44.6 Å². The topological polar surface area (TPSA) is 24.7 Å². The average molecular weight is 250 g/mol. The van der Waals surface area contributed by atoms with Crippen molar-refractivity contribution in [1.29, 1.82) is 0 Å². The second-order valence-electron chi connectivity index (χ2n) is 6.33. The minimum absolute atomic E-state index is 0.226. The second-order valence-corrected chi connectivity index (χ2v) is 6.33. The SMILES string of the molecule is C[NH+](C)CCC[C@@](C)(O)C(C)(C)c1ccccc1. The van der Waals surface area contributed by atoms with Crippen LogP contribution in [-0.4, -0.2) is 31.3 Å². The summed E-state index contributed by atoms with van der Waals surface area (Å²) in [7, 11) is 4.30. The third kappa shape index (κ3) is 3.56. The normalized spacial score (nSPS) is 15.7. The van der Waals surface area contributed by atoms with Crippen LogP contribution in [-0.2, 0) is 5.41 Å². The third-order valence-corrected chi connectivity index (χ3v) is 4.18. The standard InChI is InChI=1S/C16H27NO/c1-15(2,14-10-7-6-8-11-14)16(3,18)12-9-13-17(4)5/h6-8,10-11,18H,9,12-13H2,1-5H3/p+1/t16-/m1/s1. The molecular formula is C16H28NO+. The molecule has 0 aliphatic carbocycles. The van der Waals surface area contributed by atoms with Gasteiger partial charge in [-0.25, -0.2) is 0 Å². The molecule has 0 saturated heterocycles. The van der Waals surface area contributed by atoms with E-state index in [-0.39, 0.29) is 5.41 Å². The molecule has 0 radical (unpaired) electrons. The van der Waals surface area contributed by atoms with Crippen LogP contribution in [0.3, 0.4) is 0 Å². The van der Waals surface area contributed by atoms with Gasteiger partial charge in [0.15, 0.2) is 0 Å². The Labute approximate surface area is 112 Å². The molecule has 0 spiro atoms. The molecule has 2 heteroatoms. The van der Waals surface area contributed by atoms with Gasteiger partial charge in [-0.2, -0.15) is 0 Å². The van der Waals surface area contributed by atoms with E-state index < -0.39 is 5.60 Å². The van der Waals surface area contributed by atoms with Gasteiger partial charge in [0.05, 0.1) is 26.2 Å². The summed E-state index contributed by atoms with van der Waals surface area (Å²) < 4.78 is 0. The number of rotatable bonds is 6. The molecule has 0 unspecified atom stereocenters. The van der Waals surface area contributed by atoms with Gasteiger partial charge < -0.3 is 10.0 Å². The van der Waals surface area contributed by atoms with E-state index in [1.165, 1.54) is 10.5 Å². The number of nitrogens with one attached hydrogen (secondary N) is 1. The molecule has 0 aromatic heterocycles. The van der Waals surface area contributed by atoms with Gasteiger partial charge >= 0.3 is 0 Å². The fourth-order valence-electron chi connectivity index (χ4n) is 2.26. The first-order valence-corrected chi connectivity index (χ1v) is 6.84. The molecule has 18 heavy (non-hydrogen) atoms. The zero-order chi connectivity index (χ0) is 13.8. The maximum Gasteiger partial charge on any atom is 0.0767 e. The summed E-state index contributed by atoms with van der Waals surface area (Å²) in [5.41, 5.74) is 0.298. The molecule has 0 bridgehead atoms. The molecular weight excluding hydrogens is 222 g/mol. The molecule has 102 valence electrons. The predicted molar refractivity (Wildman–Crippen MR) is 77.0 cm³/mol. The van der Waals surface area contributed by atoms with Gasteiger partial charge in [-0.05, 0) is 25.3 Å². The van der Waals surface area contributed by atoms with Crippen LogP contribution >= 0.6 is 0 Å². The van der Waals surface area contributed by atoms with Crippen molar-refractivity contribution in [1.82, 2.24) is 0 Å². The third-order valence-electron chi connectivity index (χ3n) is 4.18. The molecule has 0 fully saturated rings. The highest BCUT2D eigenvalue weighted by Gasteiger charge is 2.40. The highest BCUT2D eigenvalue weighted by Crippen LogP contribution is 2.37. The van der Waals surface area contributed by atoms with E-state index in [1.807, 2.05) is 25.1 Å². The van der Waals surface area contributed by atoms with Gasteiger partial charge in [0.2, 0.25) is 0 Å². The number of hydrogen-bond donors (Lipinski definition) is 2. The van der Waals surface area contributed by atoms with Gasteiger partial charge in [-0.1, -0.05) is 44.2 Å². The fraction of sp³-hybridized carbons (Fsp3) is 0.625. The average Bonchev–Trinajstić information content (AvgIpc) is 2.29. The summed E-state index contributed by atoms with van der Waals surface area (Å²) in [6, 6.07) is 10.3. The molecule has 1 aromatic rings. The van der Waals surface area contributed by atoms with E-state index in [4.69, 9.17) is 0 Å². The summed E-state index contributed by atoms with van der Waals surface area (Å²) in [5, 5.41) is 10.8. The van der Waals surface area contributed by atoms with Crippen LogP contribution in [0, 0.1) is 0 Å². The van der Waals surface area contributed by atoms with Crippen molar-refractivity contribution in [2.75, 3.05) is 20.6 Å². The lowest BCUT2D eigenvalue weighted by atomic mass is 9.69. The minimum Gasteiger partial charge on any atom is -0.389 e. The number of aliphatic hydroxyl groups is 1. The molecule has 0 aliphatic rings. The number of benzene rings is 1. The van der Waals surface area contributed by atoms with Crippen LogP contribution in [0.2, 0.25) is 0 Å². The molecule has 0 amide bonds. The molecule has 0 aliphatic heterocycles. The first-order valence-electron chi connectivity index (χ1n) is 6.84. The van der Waals surface area contributed by atoms with Crippen molar-refractivity contribution in [2.24, 2.45) is 0 Å². The maximum atomic E-state index is 10.8. The van der Waals surface area contributed by atoms with Crippen LogP contribution < -0.4 is 4.90 Å². The minimum atomic E-state index is -0.677. The molecule has 1 atom stereocenters. The summed E-state index contributed by atoms with van der Waals surface area (Å²) in [5.74, 6) is 0. The first-order chi connectivity index (χ1) is 8.27. The van der Waals surface area contributed by atoms with Crippen LogP contribution in [0.15, 0.2) is 30.3 Å². The highest BCUT2D eigenvalue weighted by molar-refractivity contribution is 5.27. The molecule has 1 aromatic carbocycles. The van der Waals surface area contributed by atoms with Crippen LogP contribution in [0.5, 0.6) is 0 Å². The van der Waals surface area contributed by atoms with Crippen LogP contribution in [0.25, 0.3) is 0 Å². The Morgan fingerprint density at radius 3 is 2.11 bits per heavy atom. The Kier molecular flexibility index (Phi) is 4.94. The Balaban J connectivity index is 2.76. The smallest absolute Gasteiger partial charge is 0.0767 e. The summed E-state index contributed by atoms with van der Waals surface area (Å²) in [4.78, 5) is 1.43. The Morgan fingerprint density at radius 2 is 1.61 bits per heavy atom. The summed E-state index contributed by atoms with van der Waals surface area (Å²) in [6.07, 6.45) is 1.88. The maximum absolute atomic E-state index is 10.8. The first kappa shape index (κ1) is 15.2. The summed E-state index contributed by atoms with van der Waals surface area (Å²) in [6.45, 7) is 7.32. The van der Waals surface area contributed by atoms with Gasteiger partial charge in [-0.3, -0.25) is 0 Å². The van der Waals surface area contributed by atoms with Gasteiger partial charge in [-0.15, -0.1) is 0 Å². The zero-order valence-electron chi connectivity index (χ0n) is 12.5. The van der Waals surface area contributed by atoms with Gasteiger partial charge in [0, 0.05) is 5.41 Å². The van der Waals surface area contributed by atoms with Crippen LogP contribution in [0.1, 0.15) is 39.2 Å². The Hall–Kier alpha value is -0.860. The van der Waals surface area contributed by atoms with E-state index in [1.54, 1.807) is 0 Å². The molecule has 0 heterocycles. The zero-order valence-corrected chi connectivity index (χ0v) is 12.5. The van der Waals surface area contributed by atoms with E-state index in [0.717, 1.165) is 19.4 Å². The molecule has 2 nitrogen and oxygen atoms in total. The number of hydrogen-bond acceptors (Lipinski definition) is 1. The Morgan fingerprint density at radius 1 is 1.06 bits per heavy atom. The molecule has 1 rings (SSSR count). The van der Waals surface area contributed by atoms with E-state index in [9.17, 15) is 5.11 Å². The lowest BCUT2D eigenvalue weighted by molar-refractivity contribution is -0.858. The quantitative estimate of drug-likeness (QED) is 0.788. The predicted octanol–water partition coefficient (Wildman–Crippen LogP) is 1.64. The lowest BCUT2D eigenvalue weighted by Gasteiger charge is -2.41.